The van der Waals surface area contributed by atoms with Gasteiger partial charge in [-0.25, -0.2) is 14.4 Å². The molecule has 38 heavy (non-hydrogen) atoms. The molecule has 202 valence electrons. The highest BCUT2D eigenvalue weighted by molar-refractivity contribution is 5.99. The molecule has 1 N–H and O–H groups in total. The van der Waals surface area contributed by atoms with E-state index in [2.05, 4.69) is 15.3 Å². The molecule has 0 aliphatic carbocycles. The van der Waals surface area contributed by atoms with Crippen molar-refractivity contribution in [3.8, 4) is 11.3 Å². The SMILES string of the molecule is CN(Cc1cc(C(F)(F)F)cc(C(F)(F)F)c1)C(=O)c1cnc(N2CCNCC2)nc1-c1ccccc1F. The minimum Gasteiger partial charge on any atom is -0.338 e. The Morgan fingerprint density at radius 1 is 1.00 bits per heavy atom. The number of piperazine rings is 1. The van der Waals surface area contributed by atoms with Crippen LogP contribution in [0, 0.1) is 5.82 Å². The van der Waals surface area contributed by atoms with E-state index in [1.807, 2.05) is 4.90 Å². The predicted octanol–water partition coefficient (Wildman–Crippen LogP) is 5.00. The van der Waals surface area contributed by atoms with Crippen molar-refractivity contribution in [2.75, 3.05) is 38.1 Å². The maximum atomic E-state index is 14.7. The van der Waals surface area contributed by atoms with E-state index >= 15 is 0 Å². The molecule has 0 saturated carbocycles. The Labute approximate surface area is 213 Å². The van der Waals surface area contributed by atoms with Crippen LogP contribution in [0.25, 0.3) is 11.3 Å². The Morgan fingerprint density at radius 2 is 1.61 bits per heavy atom. The summed E-state index contributed by atoms with van der Waals surface area (Å²) in [6.45, 7) is 1.89. The number of nitrogens with one attached hydrogen (secondary N) is 1. The first-order chi connectivity index (χ1) is 17.8. The third kappa shape index (κ3) is 6.04. The number of nitrogens with zero attached hydrogens (tertiary/aromatic N) is 4. The summed E-state index contributed by atoms with van der Waals surface area (Å²) in [7, 11) is 1.21. The van der Waals surface area contributed by atoms with Crippen LogP contribution in [0.1, 0.15) is 27.0 Å². The molecule has 1 aliphatic heterocycles. The van der Waals surface area contributed by atoms with E-state index in [-0.39, 0.29) is 34.4 Å². The maximum Gasteiger partial charge on any atom is 0.416 e. The number of benzene rings is 2. The summed E-state index contributed by atoms with van der Waals surface area (Å²) in [6, 6.07) is 6.73. The largest absolute Gasteiger partial charge is 0.416 e. The molecule has 0 radical (unpaired) electrons. The first-order valence-electron chi connectivity index (χ1n) is 11.5. The van der Waals surface area contributed by atoms with Crippen LogP contribution in [-0.2, 0) is 18.9 Å². The molecule has 1 fully saturated rings. The van der Waals surface area contributed by atoms with Crippen LogP contribution < -0.4 is 10.2 Å². The zero-order chi connectivity index (χ0) is 27.7. The second kappa shape index (κ2) is 10.6. The van der Waals surface area contributed by atoms with Gasteiger partial charge in [0.1, 0.15) is 5.82 Å². The van der Waals surface area contributed by atoms with E-state index in [4.69, 9.17) is 0 Å². The Balaban J connectivity index is 1.71. The van der Waals surface area contributed by atoms with Crippen LogP contribution in [0.2, 0.25) is 0 Å². The average molecular weight is 541 g/mol. The second-order valence-corrected chi connectivity index (χ2v) is 8.72. The third-order valence-electron chi connectivity index (χ3n) is 5.95. The van der Waals surface area contributed by atoms with Crippen LogP contribution in [0.5, 0.6) is 0 Å². The molecular formula is C25H22F7N5O. The molecule has 1 amide bonds. The Morgan fingerprint density at radius 3 is 2.18 bits per heavy atom. The molecule has 0 atom stereocenters. The number of hydrogen-bond donors (Lipinski definition) is 1. The lowest BCUT2D eigenvalue weighted by molar-refractivity contribution is -0.143. The Hall–Kier alpha value is -3.74. The van der Waals surface area contributed by atoms with Crippen LogP contribution in [0.15, 0.2) is 48.7 Å². The molecule has 0 bridgehead atoms. The summed E-state index contributed by atoms with van der Waals surface area (Å²) in [4.78, 5) is 24.8. The minimum absolute atomic E-state index is 0.00135. The lowest BCUT2D eigenvalue weighted by Crippen LogP contribution is -2.44. The fourth-order valence-electron chi connectivity index (χ4n) is 4.07. The number of carbonyl (C=O) groups excluding carboxylic acids is 1. The number of carbonyl (C=O) groups is 1. The average Bonchev–Trinajstić information content (AvgIpc) is 2.87. The van der Waals surface area contributed by atoms with Crippen LogP contribution in [0.4, 0.5) is 36.7 Å². The Bertz CT molecular complexity index is 1290. The number of amides is 1. The van der Waals surface area contributed by atoms with Crippen molar-refractivity contribution in [1.82, 2.24) is 20.2 Å². The van der Waals surface area contributed by atoms with Gasteiger partial charge in [0.15, 0.2) is 0 Å². The normalized spacial score (nSPS) is 14.5. The van der Waals surface area contributed by atoms with Gasteiger partial charge < -0.3 is 15.1 Å². The first kappa shape index (κ1) is 27.3. The van der Waals surface area contributed by atoms with Crippen LogP contribution in [0.3, 0.4) is 0 Å². The quantitative estimate of drug-likeness (QED) is 0.461. The lowest BCUT2D eigenvalue weighted by atomic mass is 10.0. The van der Waals surface area contributed by atoms with E-state index in [0.717, 1.165) is 4.90 Å². The van der Waals surface area contributed by atoms with Gasteiger partial charge in [-0.15, -0.1) is 0 Å². The number of alkyl halides is 6. The molecule has 4 rings (SSSR count). The lowest BCUT2D eigenvalue weighted by Gasteiger charge is -2.28. The summed E-state index contributed by atoms with van der Waals surface area (Å²) < 4.78 is 94.3. The number of hydrogen-bond acceptors (Lipinski definition) is 5. The third-order valence-corrected chi connectivity index (χ3v) is 5.95. The standard InChI is InChI=1S/C25H22F7N5O/c1-36(14-15-10-16(24(27,28)29)12-17(11-15)25(30,31)32)22(38)19-13-34-23(37-8-6-33-7-9-37)35-21(19)18-4-2-3-5-20(18)26/h2-5,10-13,33H,6-9,14H2,1H3. The van der Waals surface area contributed by atoms with Gasteiger partial charge in [-0.05, 0) is 35.9 Å². The summed E-state index contributed by atoms with van der Waals surface area (Å²) in [6.07, 6.45) is -8.85. The molecular weight excluding hydrogens is 519 g/mol. The highest BCUT2D eigenvalue weighted by Gasteiger charge is 2.37. The van der Waals surface area contributed by atoms with Crippen molar-refractivity contribution in [3.05, 3.63) is 76.7 Å². The number of rotatable bonds is 5. The summed E-state index contributed by atoms with van der Waals surface area (Å²) in [5.41, 5.74) is -3.55. The van der Waals surface area contributed by atoms with E-state index in [9.17, 15) is 35.5 Å². The molecule has 0 unspecified atom stereocenters. The first-order valence-corrected chi connectivity index (χ1v) is 11.5. The monoisotopic (exact) mass is 541 g/mol. The van der Waals surface area contributed by atoms with Crippen molar-refractivity contribution in [3.63, 3.8) is 0 Å². The van der Waals surface area contributed by atoms with Crippen LogP contribution in [-0.4, -0.2) is 54.0 Å². The van der Waals surface area contributed by atoms with E-state index in [1.54, 1.807) is 6.07 Å². The van der Waals surface area contributed by atoms with Gasteiger partial charge >= 0.3 is 12.4 Å². The molecule has 0 spiro atoms. The molecule has 13 heteroatoms. The zero-order valence-electron chi connectivity index (χ0n) is 20.0. The highest BCUT2D eigenvalue weighted by Crippen LogP contribution is 2.36. The van der Waals surface area contributed by atoms with E-state index in [1.165, 1.54) is 31.4 Å². The van der Waals surface area contributed by atoms with E-state index in [0.29, 0.717) is 38.3 Å². The van der Waals surface area contributed by atoms with Gasteiger partial charge in [-0.3, -0.25) is 4.79 Å². The summed E-state index contributed by atoms with van der Waals surface area (Å²) in [5, 5.41) is 3.18. The van der Waals surface area contributed by atoms with Gasteiger partial charge in [0, 0.05) is 51.5 Å². The summed E-state index contributed by atoms with van der Waals surface area (Å²) >= 11 is 0. The smallest absolute Gasteiger partial charge is 0.338 e. The van der Waals surface area contributed by atoms with Gasteiger partial charge in [0.25, 0.3) is 5.91 Å². The van der Waals surface area contributed by atoms with Gasteiger partial charge in [-0.2, -0.15) is 26.3 Å². The van der Waals surface area contributed by atoms with Gasteiger partial charge in [-0.1, -0.05) is 12.1 Å². The molecule has 3 aromatic rings. The van der Waals surface area contributed by atoms with Crippen LogP contribution >= 0.6 is 0 Å². The molecule has 2 aromatic carbocycles. The van der Waals surface area contributed by atoms with Crippen molar-refractivity contribution in [1.29, 1.82) is 0 Å². The highest BCUT2D eigenvalue weighted by atomic mass is 19.4. The van der Waals surface area contributed by atoms with Crippen molar-refractivity contribution in [2.24, 2.45) is 0 Å². The summed E-state index contributed by atoms with van der Waals surface area (Å²) in [5.74, 6) is -1.21. The second-order valence-electron chi connectivity index (χ2n) is 8.72. The molecule has 1 aliphatic rings. The van der Waals surface area contributed by atoms with Crippen molar-refractivity contribution in [2.45, 2.75) is 18.9 Å². The molecule has 6 nitrogen and oxygen atoms in total. The predicted molar refractivity (Wildman–Crippen MR) is 125 cm³/mol. The number of anilines is 1. The Kier molecular flexibility index (Phi) is 7.58. The number of halogens is 7. The molecule has 1 saturated heterocycles. The van der Waals surface area contributed by atoms with Crippen molar-refractivity contribution >= 4 is 11.9 Å². The molecule has 2 heterocycles. The maximum absolute atomic E-state index is 14.7. The van der Waals surface area contributed by atoms with E-state index < -0.39 is 41.7 Å². The van der Waals surface area contributed by atoms with Crippen molar-refractivity contribution < 1.29 is 35.5 Å². The number of aromatic nitrogens is 2. The van der Waals surface area contributed by atoms with Gasteiger partial charge in [0.2, 0.25) is 5.95 Å². The van der Waals surface area contributed by atoms with Gasteiger partial charge in [0.05, 0.1) is 22.4 Å². The molecule has 1 aromatic heterocycles. The zero-order valence-corrected chi connectivity index (χ0v) is 20.0. The fraction of sp³-hybridized carbons (Fsp3) is 0.320. The fourth-order valence-corrected chi connectivity index (χ4v) is 4.07. The topological polar surface area (TPSA) is 61.4 Å². The minimum atomic E-state index is -5.02.